The van der Waals surface area contributed by atoms with Crippen LogP contribution in [0, 0.1) is 6.92 Å². The zero-order valence-corrected chi connectivity index (χ0v) is 7.33. The molecule has 1 heterocycles. The normalized spacial score (nSPS) is 10.8. The van der Waals surface area contributed by atoms with Crippen LogP contribution in [-0.4, -0.2) is 4.57 Å². The Balaban J connectivity index is 2.93. The molecule has 2 rings (SSSR count). The molecule has 0 aliphatic rings. The molecule has 0 fully saturated rings. The molecule has 12 heavy (non-hydrogen) atoms. The van der Waals surface area contributed by atoms with E-state index >= 15 is 0 Å². The zero-order valence-electron chi connectivity index (χ0n) is 7.33. The van der Waals surface area contributed by atoms with Gasteiger partial charge in [0, 0.05) is 24.3 Å². The van der Waals surface area contributed by atoms with E-state index < -0.39 is 0 Å². The molecule has 0 aliphatic heterocycles. The first-order valence-electron chi connectivity index (χ1n) is 3.99. The number of nitrogens with two attached hydrogens (primary N) is 1. The maximum Gasteiger partial charge on any atom is 0.0508 e. The van der Waals surface area contributed by atoms with Crippen LogP contribution in [0.5, 0.6) is 0 Å². The fourth-order valence-corrected chi connectivity index (χ4v) is 1.71. The molecule has 0 saturated carbocycles. The molecule has 0 atom stereocenters. The third-order valence-corrected chi connectivity index (χ3v) is 2.18. The molecule has 0 unspecified atom stereocenters. The average molecular weight is 160 g/mol. The molecule has 2 aromatic rings. The van der Waals surface area contributed by atoms with Gasteiger partial charge in [0.1, 0.15) is 0 Å². The van der Waals surface area contributed by atoms with E-state index in [4.69, 9.17) is 5.73 Å². The summed E-state index contributed by atoms with van der Waals surface area (Å²) in [6.07, 6.45) is 2.05. The number of nitrogens with zero attached hydrogens (tertiary/aromatic N) is 1. The molecule has 0 bridgehead atoms. The lowest BCUT2D eigenvalue weighted by Crippen LogP contribution is -1.90. The first-order chi connectivity index (χ1) is 5.68. The van der Waals surface area contributed by atoms with Crippen LogP contribution in [0.3, 0.4) is 0 Å². The molecule has 1 aromatic carbocycles. The third kappa shape index (κ3) is 0.881. The molecule has 0 saturated heterocycles. The van der Waals surface area contributed by atoms with Gasteiger partial charge in [-0.05, 0) is 30.7 Å². The Bertz CT molecular complexity index is 427. The minimum absolute atomic E-state index is 0.839. The van der Waals surface area contributed by atoms with Crippen LogP contribution >= 0.6 is 0 Å². The fraction of sp³-hybridized carbons (Fsp3) is 0.200. The lowest BCUT2D eigenvalue weighted by Gasteiger charge is -2.02. The standard InChI is InChI=1S/C10H12N2/c1-7-5-9(11)6-8-3-4-12(2)10(7)8/h3-6H,11H2,1-2H3. The van der Waals surface area contributed by atoms with Crippen LogP contribution < -0.4 is 5.73 Å². The summed E-state index contributed by atoms with van der Waals surface area (Å²) in [5.74, 6) is 0. The van der Waals surface area contributed by atoms with Crippen molar-refractivity contribution in [1.82, 2.24) is 4.57 Å². The monoisotopic (exact) mass is 160 g/mol. The number of hydrogen-bond donors (Lipinski definition) is 1. The summed E-state index contributed by atoms with van der Waals surface area (Å²) in [7, 11) is 2.05. The van der Waals surface area contributed by atoms with Crippen LogP contribution in [0.4, 0.5) is 5.69 Å². The Hall–Kier alpha value is -1.44. The van der Waals surface area contributed by atoms with Gasteiger partial charge < -0.3 is 10.3 Å². The molecule has 62 valence electrons. The smallest absolute Gasteiger partial charge is 0.0508 e. The Morgan fingerprint density at radius 1 is 1.33 bits per heavy atom. The average Bonchev–Trinajstić information content (AvgIpc) is 2.31. The van der Waals surface area contributed by atoms with Crippen molar-refractivity contribution in [3.63, 3.8) is 0 Å². The number of rotatable bonds is 0. The van der Waals surface area contributed by atoms with Crippen molar-refractivity contribution in [2.75, 3.05) is 5.73 Å². The summed E-state index contributed by atoms with van der Waals surface area (Å²) in [5.41, 5.74) is 9.07. The van der Waals surface area contributed by atoms with Crippen molar-refractivity contribution in [2.24, 2.45) is 7.05 Å². The van der Waals surface area contributed by atoms with E-state index in [0.29, 0.717) is 0 Å². The third-order valence-electron chi connectivity index (χ3n) is 2.18. The number of fused-ring (bicyclic) bond motifs is 1. The maximum atomic E-state index is 5.72. The van der Waals surface area contributed by atoms with E-state index in [1.807, 2.05) is 19.2 Å². The van der Waals surface area contributed by atoms with E-state index in [9.17, 15) is 0 Å². The van der Waals surface area contributed by atoms with Gasteiger partial charge in [0.2, 0.25) is 0 Å². The van der Waals surface area contributed by atoms with Crippen molar-refractivity contribution in [1.29, 1.82) is 0 Å². The van der Waals surface area contributed by atoms with Crippen LogP contribution in [0.25, 0.3) is 10.9 Å². The van der Waals surface area contributed by atoms with Crippen LogP contribution in [-0.2, 0) is 7.05 Å². The van der Waals surface area contributed by atoms with Crippen molar-refractivity contribution in [2.45, 2.75) is 6.92 Å². The van der Waals surface area contributed by atoms with Crippen molar-refractivity contribution in [3.8, 4) is 0 Å². The highest BCUT2D eigenvalue weighted by Gasteiger charge is 2.01. The molecule has 1 aromatic heterocycles. The van der Waals surface area contributed by atoms with E-state index in [1.54, 1.807) is 0 Å². The predicted octanol–water partition coefficient (Wildman–Crippen LogP) is 2.07. The first-order valence-corrected chi connectivity index (χ1v) is 3.99. The van der Waals surface area contributed by atoms with E-state index in [1.165, 1.54) is 16.5 Å². The van der Waals surface area contributed by atoms with E-state index in [0.717, 1.165) is 5.69 Å². The Kier molecular flexibility index (Phi) is 1.37. The largest absolute Gasteiger partial charge is 0.399 e. The zero-order chi connectivity index (χ0) is 8.72. The van der Waals surface area contributed by atoms with Gasteiger partial charge in [-0.25, -0.2) is 0 Å². The summed E-state index contributed by atoms with van der Waals surface area (Å²) in [5, 5.41) is 1.22. The summed E-state index contributed by atoms with van der Waals surface area (Å²) < 4.78 is 2.12. The second-order valence-electron chi connectivity index (χ2n) is 3.20. The summed E-state index contributed by atoms with van der Waals surface area (Å²) in [4.78, 5) is 0. The van der Waals surface area contributed by atoms with Crippen molar-refractivity contribution in [3.05, 3.63) is 30.0 Å². The Labute approximate surface area is 71.6 Å². The van der Waals surface area contributed by atoms with Crippen molar-refractivity contribution >= 4 is 16.6 Å². The van der Waals surface area contributed by atoms with Crippen molar-refractivity contribution < 1.29 is 0 Å². The van der Waals surface area contributed by atoms with Gasteiger partial charge in [-0.3, -0.25) is 0 Å². The first kappa shape index (κ1) is 7.22. The maximum absolute atomic E-state index is 5.72. The number of aryl methyl sites for hydroxylation is 2. The highest BCUT2D eigenvalue weighted by Crippen LogP contribution is 2.21. The highest BCUT2D eigenvalue weighted by atomic mass is 14.9. The molecular formula is C10H12N2. The van der Waals surface area contributed by atoms with Crippen LogP contribution in [0.15, 0.2) is 24.4 Å². The fourth-order valence-electron chi connectivity index (χ4n) is 1.71. The molecule has 0 amide bonds. The minimum Gasteiger partial charge on any atom is -0.399 e. The number of benzene rings is 1. The quantitative estimate of drug-likeness (QED) is 0.587. The van der Waals surface area contributed by atoms with Gasteiger partial charge >= 0.3 is 0 Å². The van der Waals surface area contributed by atoms with Crippen LogP contribution in [0.2, 0.25) is 0 Å². The number of hydrogen-bond acceptors (Lipinski definition) is 1. The summed E-state index contributed by atoms with van der Waals surface area (Å²) in [6.45, 7) is 2.08. The Morgan fingerprint density at radius 3 is 2.83 bits per heavy atom. The molecule has 2 heteroatoms. The van der Waals surface area contributed by atoms with Gasteiger partial charge in [-0.1, -0.05) is 0 Å². The number of nitrogen functional groups attached to an aromatic ring is 1. The van der Waals surface area contributed by atoms with E-state index in [-0.39, 0.29) is 0 Å². The second kappa shape index (κ2) is 2.27. The molecule has 2 nitrogen and oxygen atoms in total. The van der Waals surface area contributed by atoms with Gasteiger partial charge in [0.25, 0.3) is 0 Å². The lowest BCUT2D eigenvalue weighted by atomic mass is 10.1. The predicted molar refractivity (Wildman–Crippen MR) is 52.1 cm³/mol. The number of anilines is 1. The van der Waals surface area contributed by atoms with Gasteiger partial charge in [0.05, 0.1) is 5.52 Å². The summed E-state index contributed by atoms with van der Waals surface area (Å²) >= 11 is 0. The van der Waals surface area contributed by atoms with Gasteiger partial charge in [-0.2, -0.15) is 0 Å². The number of aromatic nitrogens is 1. The summed E-state index contributed by atoms with van der Waals surface area (Å²) in [6, 6.07) is 6.09. The molecule has 0 radical (unpaired) electrons. The Morgan fingerprint density at radius 2 is 2.08 bits per heavy atom. The molecule has 0 spiro atoms. The topological polar surface area (TPSA) is 30.9 Å². The highest BCUT2D eigenvalue weighted by molar-refractivity contribution is 5.86. The SMILES string of the molecule is Cc1cc(N)cc2ccn(C)c12. The van der Waals surface area contributed by atoms with Crippen LogP contribution in [0.1, 0.15) is 5.56 Å². The minimum atomic E-state index is 0.839. The second-order valence-corrected chi connectivity index (χ2v) is 3.20. The molecular weight excluding hydrogens is 148 g/mol. The molecule has 2 N–H and O–H groups in total. The van der Waals surface area contributed by atoms with E-state index in [2.05, 4.69) is 23.8 Å². The molecule has 0 aliphatic carbocycles. The lowest BCUT2D eigenvalue weighted by molar-refractivity contribution is 0.964. The van der Waals surface area contributed by atoms with Gasteiger partial charge in [0.15, 0.2) is 0 Å². The van der Waals surface area contributed by atoms with Gasteiger partial charge in [-0.15, -0.1) is 0 Å².